The van der Waals surface area contributed by atoms with Gasteiger partial charge in [-0.25, -0.2) is 23.2 Å². The van der Waals surface area contributed by atoms with Crippen LogP contribution in [0.2, 0.25) is 0 Å². The van der Waals surface area contributed by atoms with Gasteiger partial charge >= 0.3 is 5.69 Å². The standard InChI is InChI=1S/C34H34F2N8O2/c1-5-29(45)42-15-16-43(21(4)19-42)33-25-18-27(36)31(39-32(25)40-34(46)41-33)30-22(7-6-8-26(30)35)9-10-23-12-14-38-44(23)24-11-13-37-28(17-24)20(2)3/h5-8,11-14,17-18,20-21H,1,9-10,15-16,19H2,2-4H3,(H,39,40,41,46)/t21-/m0/s1. The molecule has 0 saturated carbocycles. The lowest BCUT2D eigenvalue weighted by Crippen LogP contribution is -2.54. The Hall–Kier alpha value is -5.26. The maximum Gasteiger partial charge on any atom is 0.348 e. The van der Waals surface area contributed by atoms with Gasteiger partial charge in [0.1, 0.15) is 28.8 Å². The Balaban J connectivity index is 1.33. The highest BCUT2D eigenvalue weighted by Gasteiger charge is 2.29. The summed E-state index contributed by atoms with van der Waals surface area (Å²) in [5.74, 6) is -1.04. The van der Waals surface area contributed by atoms with Crippen molar-refractivity contribution >= 4 is 22.8 Å². The van der Waals surface area contributed by atoms with Gasteiger partial charge in [-0.15, -0.1) is 0 Å². The number of aromatic amines is 1. The van der Waals surface area contributed by atoms with E-state index in [4.69, 9.17) is 0 Å². The van der Waals surface area contributed by atoms with Crippen LogP contribution < -0.4 is 10.6 Å². The van der Waals surface area contributed by atoms with E-state index in [1.165, 1.54) is 18.2 Å². The first-order valence-electron chi connectivity index (χ1n) is 15.2. The van der Waals surface area contributed by atoms with Crippen molar-refractivity contribution in [3.05, 3.63) is 107 Å². The average molecular weight is 625 g/mol. The van der Waals surface area contributed by atoms with Crippen LogP contribution in [0.3, 0.4) is 0 Å². The van der Waals surface area contributed by atoms with Crippen molar-refractivity contribution < 1.29 is 13.6 Å². The van der Waals surface area contributed by atoms with E-state index in [-0.39, 0.29) is 46.0 Å². The van der Waals surface area contributed by atoms with Gasteiger partial charge in [-0.3, -0.25) is 14.8 Å². The summed E-state index contributed by atoms with van der Waals surface area (Å²) >= 11 is 0. The fraction of sp³-hybridized carbons (Fsp3) is 0.294. The van der Waals surface area contributed by atoms with Gasteiger partial charge in [-0.1, -0.05) is 32.6 Å². The molecule has 1 saturated heterocycles. The van der Waals surface area contributed by atoms with Crippen molar-refractivity contribution in [2.75, 3.05) is 24.5 Å². The molecule has 5 aromatic rings. The van der Waals surface area contributed by atoms with Gasteiger partial charge in [0.2, 0.25) is 5.91 Å². The molecule has 1 amide bonds. The number of carbonyl (C=O) groups is 1. The number of pyridine rings is 2. The van der Waals surface area contributed by atoms with Crippen LogP contribution in [0.5, 0.6) is 0 Å². The van der Waals surface area contributed by atoms with Crippen LogP contribution in [-0.4, -0.2) is 66.2 Å². The molecule has 6 rings (SSSR count). The van der Waals surface area contributed by atoms with Crippen molar-refractivity contribution in [3.63, 3.8) is 0 Å². The normalized spacial score (nSPS) is 15.1. The van der Waals surface area contributed by atoms with E-state index in [0.29, 0.717) is 38.0 Å². The second kappa shape index (κ2) is 12.6. The Bertz CT molecular complexity index is 2000. The monoisotopic (exact) mass is 624 g/mol. The number of fused-ring (bicyclic) bond motifs is 1. The summed E-state index contributed by atoms with van der Waals surface area (Å²) in [6.07, 6.45) is 5.60. The van der Waals surface area contributed by atoms with Crippen molar-refractivity contribution in [3.8, 4) is 16.9 Å². The molecule has 0 spiro atoms. The number of aryl methyl sites for hydroxylation is 2. The molecule has 0 radical (unpaired) electrons. The molecule has 236 valence electrons. The molecule has 5 heterocycles. The number of aromatic nitrogens is 6. The molecule has 1 aliphatic heterocycles. The average Bonchev–Trinajstić information content (AvgIpc) is 3.52. The van der Waals surface area contributed by atoms with Crippen LogP contribution in [0.25, 0.3) is 28.0 Å². The van der Waals surface area contributed by atoms with Crippen LogP contribution in [0.4, 0.5) is 14.6 Å². The predicted molar refractivity (Wildman–Crippen MR) is 172 cm³/mol. The molecular weight excluding hydrogens is 590 g/mol. The highest BCUT2D eigenvalue weighted by atomic mass is 19.1. The smallest absolute Gasteiger partial charge is 0.348 e. The molecule has 0 unspecified atom stereocenters. The molecule has 1 atom stereocenters. The van der Waals surface area contributed by atoms with Crippen molar-refractivity contribution in [1.82, 2.24) is 34.6 Å². The zero-order valence-corrected chi connectivity index (χ0v) is 25.9. The van der Waals surface area contributed by atoms with Crippen LogP contribution in [0, 0.1) is 11.6 Å². The first-order chi connectivity index (χ1) is 22.1. The van der Waals surface area contributed by atoms with E-state index in [1.54, 1.807) is 29.4 Å². The molecule has 0 bridgehead atoms. The predicted octanol–water partition coefficient (Wildman–Crippen LogP) is 4.98. The third-order valence-electron chi connectivity index (χ3n) is 8.34. The minimum atomic E-state index is -0.745. The largest absolute Gasteiger partial charge is 0.350 e. The number of hydrogen-bond acceptors (Lipinski definition) is 7. The van der Waals surface area contributed by atoms with Crippen LogP contribution in [0.15, 0.2) is 72.3 Å². The summed E-state index contributed by atoms with van der Waals surface area (Å²) in [6.45, 7) is 10.7. The van der Waals surface area contributed by atoms with Crippen molar-refractivity contribution in [2.45, 2.75) is 45.6 Å². The molecule has 1 aliphatic rings. The van der Waals surface area contributed by atoms with Gasteiger partial charge < -0.3 is 9.80 Å². The molecular formula is C34H34F2N8O2. The third-order valence-corrected chi connectivity index (χ3v) is 8.34. The van der Waals surface area contributed by atoms with Crippen LogP contribution >= 0.6 is 0 Å². The fourth-order valence-electron chi connectivity index (χ4n) is 5.98. The number of benzene rings is 1. The lowest BCUT2D eigenvalue weighted by molar-refractivity contribution is -0.126. The first-order valence-corrected chi connectivity index (χ1v) is 15.2. The fourth-order valence-corrected chi connectivity index (χ4v) is 5.98. The summed E-state index contributed by atoms with van der Waals surface area (Å²) in [7, 11) is 0. The van der Waals surface area contributed by atoms with E-state index in [2.05, 4.69) is 45.5 Å². The number of nitrogens with one attached hydrogen (secondary N) is 1. The number of anilines is 1. The highest BCUT2D eigenvalue weighted by Crippen LogP contribution is 2.33. The van der Waals surface area contributed by atoms with Crippen LogP contribution in [-0.2, 0) is 17.6 Å². The maximum atomic E-state index is 16.0. The van der Waals surface area contributed by atoms with Gasteiger partial charge in [0, 0.05) is 55.0 Å². The third kappa shape index (κ3) is 5.90. The Morgan fingerprint density at radius 3 is 2.67 bits per heavy atom. The minimum absolute atomic E-state index is 0.0306. The molecule has 46 heavy (non-hydrogen) atoms. The highest BCUT2D eigenvalue weighted by molar-refractivity contribution is 5.90. The van der Waals surface area contributed by atoms with Crippen molar-refractivity contribution in [2.24, 2.45) is 0 Å². The second-order valence-electron chi connectivity index (χ2n) is 11.7. The molecule has 1 fully saturated rings. The number of rotatable bonds is 8. The molecule has 10 nitrogen and oxygen atoms in total. The van der Waals surface area contributed by atoms with Gasteiger partial charge in [0.05, 0.1) is 11.1 Å². The summed E-state index contributed by atoms with van der Waals surface area (Å²) in [4.78, 5) is 44.0. The lowest BCUT2D eigenvalue weighted by atomic mass is 9.98. The van der Waals surface area contributed by atoms with E-state index < -0.39 is 17.3 Å². The Morgan fingerprint density at radius 2 is 1.91 bits per heavy atom. The molecule has 12 heteroatoms. The summed E-state index contributed by atoms with van der Waals surface area (Å²) in [5, 5.41) is 4.79. The quantitative estimate of drug-likeness (QED) is 0.243. The number of nitrogens with zero attached hydrogens (tertiary/aromatic N) is 7. The van der Waals surface area contributed by atoms with E-state index in [1.807, 2.05) is 34.7 Å². The van der Waals surface area contributed by atoms with Crippen molar-refractivity contribution in [1.29, 1.82) is 0 Å². The zero-order chi connectivity index (χ0) is 32.5. The number of halogens is 2. The Labute approximate surface area is 264 Å². The van der Waals surface area contributed by atoms with Gasteiger partial charge in [-0.2, -0.15) is 10.1 Å². The number of H-pyrrole nitrogens is 1. The lowest BCUT2D eigenvalue weighted by Gasteiger charge is -2.40. The topological polar surface area (TPSA) is 113 Å². The summed E-state index contributed by atoms with van der Waals surface area (Å²) < 4.78 is 33.3. The van der Waals surface area contributed by atoms with Crippen LogP contribution in [0.1, 0.15) is 43.6 Å². The zero-order valence-electron chi connectivity index (χ0n) is 25.9. The minimum Gasteiger partial charge on any atom is -0.350 e. The molecule has 1 aromatic carbocycles. The van der Waals surface area contributed by atoms with Gasteiger partial charge in [0.15, 0.2) is 0 Å². The number of piperazine rings is 1. The Kier molecular flexibility index (Phi) is 8.44. The molecule has 4 aromatic heterocycles. The number of carbonyl (C=O) groups excluding carboxylic acids is 1. The second-order valence-corrected chi connectivity index (χ2v) is 11.7. The number of hydrogen-bond donors (Lipinski definition) is 1. The molecule has 0 aliphatic carbocycles. The SMILES string of the molecule is C=CC(=O)N1CCN(c2nc(=O)[nH]c3nc(-c4c(F)cccc4CCc4ccnn4-c4ccnc(C(C)C)c4)c(F)cc23)[C@@H](C)C1. The summed E-state index contributed by atoms with van der Waals surface area (Å²) in [6, 6.07) is 11.4. The van der Waals surface area contributed by atoms with Gasteiger partial charge in [0.25, 0.3) is 0 Å². The number of amides is 1. The van der Waals surface area contributed by atoms with E-state index >= 15 is 8.78 Å². The molecule has 1 N–H and O–H groups in total. The first kappa shape index (κ1) is 30.8. The summed E-state index contributed by atoms with van der Waals surface area (Å²) in [5.41, 5.74) is 2.53. The van der Waals surface area contributed by atoms with Gasteiger partial charge in [-0.05, 0) is 67.7 Å². The van der Waals surface area contributed by atoms with E-state index in [9.17, 15) is 9.59 Å². The Morgan fingerprint density at radius 1 is 1.09 bits per heavy atom. The maximum absolute atomic E-state index is 16.0. The van der Waals surface area contributed by atoms with E-state index in [0.717, 1.165) is 17.1 Å².